The number of aryl methyl sites for hydroxylation is 8. The first-order chi connectivity index (χ1) is 33.6. The van der Waals surface area contributed by atoms with Crippen LogP contribution in [0.15, 0.2) is 213 Å². The molecule has 0 aliphatic heterocycles. The second-order valence-corrected chi connectivity index (χ2v) is 18.5. The van der Waals surface area contributed by atoms with Crippen molar-refractivity contribution in [3.8, 4) is 78.3 Å². The van der Waals surface area contributed by atoms with Gasteiger partial charge in [0, 0.05) is 35.3 Å². The maximum absolute atomic E-state index is 4.82. The van der Waals surface area contributed by atoms with Gasteiger partial charge in [-0.05, 0) is 165 Å². The van der Waals surface area contributed by atoms with Crippen LogP contribution >= 0.6 is 0 Å². The number of rotatable bonds is 11. The van der Waals surface area contributed by atoms with Crippen molar-refractivity contribution < 1.29 is 0 Å². The summed E-state index contributed by atoms with van der Waals surface area (Å²) in [5.74, 6) is 0. The molecule has 0 bridgehead atoms. The highest BCUT2D eigenvalue weighted by atomic mass is 14.7. The molecule has 0 spiro atoms. The molecule has 3 aromatic heterocycles. The number of hydrogen-bond donors (Lipinski definition) is 0. The van der Waals surface area contributed by atoms with Gasteiger partial charge in [-0.2, -0.15) is 0 Å². The number of benzene rings is 7. The lowest BCUT2D eigenvalue weighted by Crippen LogP contribution is -2.06. The summed E-state index contributed by atoms with van der Waals surface area (Å²) < 4.78 is 0. The molecule has 0 saturated heterocycles. The lowest BCUT2D eigenvalue weighted by Gasteiger charge is -2.20. The summed E-state index contributed by atoms with van der Waals surface area (Å²) in [7, 11) is 0. The Morgan fingerprint density at radius 1 is 0.265 bits per heavy atom. The van der Waals surface area contributed by atoms with Gasteiger partial charge >= 0.3 is 0 Å². The third-order valence-corrected chi connectivity index (χ3v) is 14.2. The molecule has 0 fully saturated rings. The van der Waals surface area contributed by atoms with Crippen LogP contribution in [0.3, 0.4) is 0 Å². The molecule has 0 amide bonds. The van der Waals surface area contributed by atoms with Gasteiger partial charge in [0.1, 0.15) is 0 Å². The fourth-order valence-corrected chi connectivity index (χ4v) is 10.6. The lowest BCUT2D eigenvalue weighted by atomic mass is 9.86. The van der Waals surface area contributed by atoms with Gasteiger partial charge in [0.05, 0.1) is 17.1 Å². The van der Waals surface area contributed by atoms with Crippen molar-refractivity contribution in [1.29, 1.82) is 0 Å². The van der Waals surface area contributed by atoms with Crippen molar-refractivity contribution in [2.75, 3.05) is 0 Å². The molecule has 68 heavy (non-hydrogen) atoms. The Morgan fingerprint density at radius 3 is 1.35 bits per heavy atom. The number of fused-ring (bicyclic) bond motifs is 6. The van der Waals surface area contributed by atoms with Crippen LogP contribution in [0.1, 0.15) is 44.5 Å². The van der Waals surface area contributed by atoms with Crippen molar-refractivity contribution in [3.05, 3.63) is 257 Å². The number of aromatic nitrogens is 3. The van der Waals surface area contributed by atoms with Crippen molar-refractivity contribution in [3.63, 3.8) is 0 Å². The van der Waals surface area contributed by atoms with E-state index in [4.69, 9.17) is 15.0 Å². The van der Waals surface area contributed by atoms with Gasteiger partial charge in [-0.15, -0.1) is 0 Å². The van der Waals surface area contributed by atoms with Gasteiger partial charge < -0.3 is 0 Å². The van der Waals surface area contributed by atoms with E-state index in [2.05, 4.69) is 194 Å². The third kappa shape index (κ3) is 8.48. The summed E-state index contributed by atoms with van der Waals surface area (Å²) in [4.78, 5) is 14.4. The van der Waals surface area contributed by atoms with Crippen LogP contribution in [0.2, 0.25) is 0 Å². The highest BCUT2D eigenvalue weighted by Gasteiger charge is 2.19. The Balaban J connectivity index is 0.829. The summed E-state index contributed by atoms with van der Waals surface area (Å²) in [5.41, 5.74) is 27.8. The van der Waals surface area contributed by atoms with E-state index in [1.807, 2.05) is 18.6 Å². The van der Waals surface area contributed by atoms with Crippen LogP contribution in [0.5, 0.6) is 0 Å². The first-order valence-corrected chi connectivity index (χ1v) is 24.2. The minimum absolute atomic E-state index is 0.965. The van der Waals surface area contributed by atoms with Gasteiger partial charge in [0.25, 0.3) is 0 Å². The van der Waals surface area contributed by atoms with E-state index in [1.165, 1.54) is 94.6 Å². The standard InChI is InChI=1S/C65H51N3/c1-2-8-48(9-3-1)49-20-22-50(23-21-49)55-34-37-66-63(43-55)52-26-24-51(25-27-52)59-12-4-5-13-60(59)58-41-46(16-14-44-18-32-61-56(39-44)30-28-53-10-6-35-67-64(53)61)38-47(42-58)17-15-45-19-33-62-57(40-45)31-29-54-11-7-36-68-65(54)62/h1-13,18-27,32-43H,14-17,28-31H2. The molecular weight excluding hydrogens is 823 g/mol. The molecule has 3 heteroatoms. The third-order valence-electron chi connectivity index (χ3n) is 14.2. The predicted molar refractivity (Wildman–Crippen MR) is 280 cm³/mol. The second-order valence-electron chi connectivity index (χ2n) is 18.5. The van der Waals surface area contributed by atoms with Crippen LogP contribution in [0.25, 0.3) is 78.3 Å². The topological polar surface area (TPSA) is 38.7 Å². The largest absolute Gasteiger partial charge is 0.256 e. The van der Waals surface area contributed by atoms with Crippen molar-refractivity contribution >= 4 is 0 Å². The molecule has 0 N–H and O–H groups in total. The van der Waals surface area contributed by atoms with Crippen molar-refractivity contribution in [2.45, 2.75) is 51.4 Å². The van der Waals surface area contributed by atoms with Crippen LogP contribution in [-0.2, 0) is 51.4 Å². The molecular formula is C65H51N3. The maximum atomic E-state index is 4.82. The normalized spacial score (nSPS) is 12.4. The van der Waals surface area contributed by atoms with Crippen LogP contribution in [0, 0.1) is 0 Å². The smallest absolute Gasteiger partial charge is 0.0736 e. The summed E-state index contributed by atoms with van der Waals surface area (Å²) in [6.45, 7) is 0. The minimum Gasteiger partial charge on any atom is -0.256 e. The molecule has 2 aliphatic carbocycles. The summed E-state index contributed by atoms with van der Waals surface area (Å²) >= 11 is 0. The van der Waals surface area contributed by atoms with Crippen LogP contribution < -0.4 is 0 Å². The van der Waals surface area contributed by atoms with E-state index in [9.17, 15) is 0 Å². The average molecular weight is 874 g/mol. The highest BCUT2D eigenvalue weighted by molar-refractivity contribution is 5.85. The van der Waals surface area contributed by atoms with E-state index < -0.39 is 0 Å². The molecule has 7 aromatic carbocycles. The van der Waals surface area contributed by atoms with Gasteiger partial charge in [-0.25, -0.2) is 0 Å². The number of nitrogens with zero attached hydrogens (tertiary/aromatic N) is 3. The molecule has 0 unspecified atom stereocenters. The molecule has 326 valence electrons. The Labute approximate surface area is 400 Å². The molecule has 0 atom stereocenters. The van der Waals surface area contributed by atoms with Crippen molar-refractivity contribution in [1.82, 2.24) is 15.0 Å². The quantitative estimate of drug-likeness (QED) is 0.130. The molecule has 0 radical (unpaired) electrons. The Morgan fingerprint density at radius 2 is 0.750 bits per heavy atom. The number of pyridine rings is 3. The first kappa shape index (κ1) is 41.4. The summed E-state index contributed by atoms with van der Waals surface area (Å²) in [5, 5.41) is 0. The van der Waals surface area contributed by atoms with E-state index in [0.717, 1.165) is 79.6 Å². The van der Waals surface area contributed by atoms with E-state index in [0.29, 0.717) is 0 Å². The number of hydrogen-bond acceptors (Lipinski definition) is 3. The SMILES string of the molecule is c1ccc(-c2ccc(-c3ccnc(-c4ccc(-c5ccccc5-c5cc(CCc6ccc7c(c6)CCc6cccnc6-7)cc(CCc6ccc7c(c6)CCc6cccnc6-7)c5)cc4)c3)cc2)cc1. The van der Waals surface area contributed by atoms with Gasteiger partial charge in [0.2, 0.25) is 0 Å². The zero-order chi connectivity index (χ0) is 45.2. The Hall–Kier alpha value is -8.01. The Kier molecular flexibility index (Phi) is 11.2. The Bertz CT molecular complexity index is 3320. The molecule has 3 heterocycles. The van der Waals surface area contributed by atoms with Gasteiger partial charge in [-0.3, -0.25) is 15.0 Å². The van der Waals surface area contributed by atoms with Gasteiger partial charge in [0.15, 0.2) is 0 Å². The van der Waals surface area contributed by atoms with E-state index in [1.54, 1.807) is 0 Å². The van der Waals surface area contributed by atoms with E-state index in [-0.39, 0.29) is 0 Å². The second kappa shape index (κ2) is 18.3. The molecule has 2 aliphatic rings. The fourth-order valence-electron chi connectivity index (χ4n) is 10.6. The zero-order valence-corrected chi connectivity index (χ0v) is 38.2. The van der Waals surface area contributed by atoms with Crippen LogP contribution in [-0.4, -0.2) is 15.0 Å². The molecule has 12 rings (SSSR count). The fraction of sp³-hybridized carbons (Fsp3) is 0.123. The molecule has 3 nitrogen and oxygen atoms in total. The first-order valence-electron chi connectivity index (χ1n) is 24.2. The molecule has 0 saturated carbocycles. The predicted octanol–water partition coefficient (Wildman–Crippen LogP) is 15.3. The minimum atomic E-state index is 0.965. The summed E-state index contributed by atoms with van der Waals surface area (Å²) in [6.07, 6.45) is 13.9. The van der Waals surface area contributed by atoms with Crippen molar-refractivity contribution in [2.24, 2.45) is 0 Å². The highest BCUT2D eigenvalue weighted by Crippen LogP contribution is 2.37. The van der Waals surface area contributed by atoms with E-state index >= 15 is 0 Å². The maximum Gasteiger partial charge on any atom is 0.0736 e. The summed E-state index contributed by atoms with van der Waals surface area (Å²) in [6, 6.07) is 71.6. The lowest BCUT2D eigenvalue weighted by molar-refractivity contribution is 0.901. The molecule has 10 aromatic rings. The average Bonchev–Trinajstić information content (AvgIpc) is 3.42. The monoisotopic (exact) mass is 873 g/mol. The zero-order valence-electron chi connectivity index (χ0n) is 38.2. The van der Waals surface area contributed by atoms with Crippen LogP contribution in [0.4, 0.5) is 0 Å². The van der Waals surface area contributed by atoms with Gasteiger partial charge in [-0.1, -0.05) is 170 Å².